The highest BCUT2D eigenvalue weighted by Crippen LogP contribution is 2.38. The first-order valence-corrected chi connectivity index (χ1v) is 9.29. The molecule has 3 saturated heterocycles. The van der Waals surface area contributed by atoms with Gasteiger partial charge in [-0.05, 0) is 48.8 Å². The number of carbonyl (C=O) groups is 2. The van der Waals surface area contributed by atoms with Crippen molar-refractivity contribution in [2.75, 3.05) is 19.6 Å². The predicted octanol–water partition coefficient (Wildman–Crippen LogP) is 2.74. The molecule has 1 aromatic carbocycles. The summed E-state index contributed by atoms with van der Waals surface area (Å²) in [6.07, 6.45) is 4.40. The fourth-order valence-corrected chi connectivity index (χ4v) is 4.83. The molecular formula is C19H23ClN2O2. The summed E-state index contributed by atoms with van der Waals surface area (Å²) in [7, 11) is 0. The maximum atomic E-state index is 12.7. The van der Waals surface area contributed by atoms with Crippen LogP contribution in [0, 0.1) is 11.8 Å². The summed E-state index contributed by atoms with van der Waals surface area (Å²) in [5.74, 6) is 1.41. The van der Waals surface area contributed by atoms with Crippen molar-refractivity contribution in [2.45, 2.75) is 38.1 Å². The topological polar surface area (TPSA) is 40.6 Å². The van der Waals surface area contributed by atoms with E-state index in [0.717, 1.165) is 38.0 Å². The Hall–Kier alpha value is -1.55. The summed E-state index contributed by atoms with van der Waals surface area (Å²) < 4.78 is 0. The lowest BCUT2D eigenvalue weighted by Crippen LogP contribution is -2.61. The van der Waals surface area contributed by atoms with Gasteiger partial charge in [-0.25, -0.2) is 0 Å². The molecular weight excluding hydrogens is 324 g/mol. The predicted molar refractivity (Wildman–Crippen MR) is 92.7 cm³/mol. The van der Waals surface area contributed by atoms with E-state index >= 15 is 0 Å². The van der Waals surface area contributed by atoms with E-state index in [1.165, 1.54) is 6.42 Å². The quantitative estimate of drug-likeness (QED) is 0.826. The Bertz CT molecular complexity index is 645. The number of hydrogen-bond acceptors (Lipinski definition) is 2. The van der Waals surface area contributed by atoms with Gasteiger partial charge in [-0.3, -0.25) is 9.59 Å². The van der Waals surface area contributed by atoms with Crippen LogP contribution in [-0.2, 0) is 16.0 Å². The summed E-state index contributed by atoms with van der Waals surface area (Å²) in [5, 5.41) is 0.695. The zero-order valence-electron chi connectivity index (χ0n) is 13.8. The third-order valence-electron chi connectivity index (χ3n) is 5.80. The maximum absolute atomic E-state index is 12.7. The Morgan fingerprint density at radius 2 is 1.96 bits per heavy atom. The SMILES string of the molecule is O=C(Cc1ccc(Cl)cc1)N1C[C@H]2C[C@H](C1)[C@H]1CCCC(=O)N1C2. The molecule has 24 heavy (non-hydrogen) atoms. The normalized spacial score (nSPS) is 29.4. The molecule has 0 aromatic heterocycles. The molecule has 0 N–H and O–H groups in total. The van der Waals surface area contributed by atoms with Gasteiger partial charge in [0.1, 0.15) is 0 Å². The van der Waals surface area contributed by atoms with Gasteiger partial charge in [-0.15, -0.1) is 0 Å². The molecule has 5 heteroatoms. The van der Waals surface area contributed by atoms with Crippen LogP contribution < -0.4 is 0 Å². The highest BCUT2D eigenvalue weighted by Gasteiger charge is 2.44. The Balaban J connectivity index is 1.44. The smallest absolute Gasteiger partial charge is 0.227 e. The van der Waals surface area contributed by atoms with Crippen LogP contribution in [0.3, 0.4) is 0 Å². The highest BCUT2D eigenvalue weighted by molar-refractivity contribution is 6.30. The fraction of sp³-hybridized carbons (Fsp3) is 0.579. The maximum Gasteiger partial charge on any atom is 0.227 e. The molecule has 3 atom stereocenters. The summed E-state index contributed by atoms with van der Waals surface area (Å²) in [5.41, 5.74) is 1.01. The molecule has 2 bridgehead atoms. The van der Waals surface area contributed by atoms with Crippen molar-refractivity contribution in [3.05, 3.63) is 34.9 Å². The Kier molecular flexibility index (Phi) is 4.25. The molecule has 0 aliphatic carbocycles. The molecule has 0 unspecified atom stereocenters. The Labute approximate surface area is 147 Å². The van der Waals surface area contributed by atoms with E-state index in [2.05, 4.69) is 4.90 Å². The fourth-order valence-electron chi connectivity index (χ4n) is 4.70. The molecule has 3 aliphatic rings. The van der Waals surface area contributed by atoms with E-state index in [4.69, 9.17) is 11.6 Å². The van der Waals surface area contributed by atoms with Crippen molar-refractivity contribution in [2.24, 2.45) is 11.8 Å². The standard InChI is InChI=1S/C19H23ClN2O2/c20-16-6-4-13(5-7-16)9-19(24)21-10-14-8-15(12-21)17-2-1-3-18(23)22(17)11-14/h4-7,14-15,17H,1-3,8-12H2/t14-,15-,17-/m1/s1. The number of halogens is 1. The molecule has 3 fully saturated rings. The molecule has 3 aliphatic heterocycles. The molecule has 4 rings (SSSR count). The van der Waals surface area contributed by atoms with Crippen LogP contribution in [0.15, 0.2) is 24.3 Å². The van der Waals surface area contributed by atoms with Gasteiger partial charge >= 0.3 is 0 Å². The van der Waals surface area contributed by atoms with E-state index in [-0.39, 0.29) is 5.91 Å². The van der Waals surface area contributed by atoms with E-state index in [1.54, 1.807) is 0 Å². The lowest BCUT2D eigenvalue weighted by molar-refractivity contribution is -0.148. The largest absolute Gasteiger partial charge is 0.342 e. The number of piperidine rings is 3. The average molecular weight is 347 g/mol. The average Bonchev–Trinajstić information content (AvgIpc) is 2.58. The van der Waals surface area contributed by atoms with Crippen molar-refractivity contribution < 1.29 is 9.59 Å². The van der Waals surface area contributed by atoms with Crippen LogP contribution in [0.1, 0.15) is 31.2 Å². The van der Waals surface area contributed by atoms with Crippen LogP contribution in [0.25, 0.3) is 0 Å². The number of benzene rings is 1. The Morgan fingerprint density at radius 3 is 2.75 bits per heavy atom. The minimum Gasteiger partial charge on any atom is -0.342 e. The van der Waals surface area contributed by atoms with Gasteiger partial charge in [0.2, 0.25) is 11.8 Å². The molecule has 0 saturated carbocycles. The van der Waals surface area contributed by atoms with Gasteiger partial charge in [0.15, 0.2) is 0 Å². The lowest BCUT2D eigenvalue weighted by atomic mass is 9.76. The van der Waals surface area contributed by atoms with Gasteiger partial charge in [0.05, 0.1) is 6.42 Å². The van der Waals surface area contributed by atoms with Crippen LogP contribution in [0.5, 0.6) is 0 Å². The second-order valence-electron chi connectivity index (χ2n) is 7.47. The number of hydrogen-bond donors (Lipinski definition) is 0. The summed E-state index contributed by atoms with van der Waals surface area (Å²) in [6, 6.07) is 7.87. The Morgan fingerprint density at radius 1 is 1.17 bits per heavy atom. The van der Waals surface area contributed by atoms with E-state index in [9.17, 15) is 9.59 Å². The first kappa shape index (κ1) is 15.9. The van der Waals surface area contributed by atoms with E-state index < -0.39 is 0 Å². The summed E-state index contributed by atoms with van der Waals surface area (Å²) >= 11 is 5.91. The number of amides is 2. The number of nitrogens with zero attached hydrogens (tertiary/aromatic N) is 2. The van der Waals surface area contributed by atoms with Gasteiger partial charge in [0, 0.05) is 37.1 Å². The van der Waals surface area contributed by atoms with Crippen molar-refractivity contribution in [3.8, 4) is 0 Å². The van der Waals surface area contributed by atoms with Crippen molar-refractivity contribution in [1.29, 1.82) is 0 Å². The summed E-state index contributed by atoms with van der Waals surface area (Å²) in [6.45, 7) is 2.43. The van der Waals surface area contributed by atoms with Gasteiger partial charge in [0.25, 0.3) is 0 Å². The number of likely N-dealkylation sites (tertiary alicyclic amines) is 1. The van der Waals surface area contributed by atoms with E-state index in [1.807, 2.05) is 29.2 Å². The minimum absolute atomic E-state index is 0.197. The zero-order chi connectivity index (χ0) is 16.7. The van der Waals surface area contributed by atoms with Crippen LogP contribution in [0.4, 0.5) is 0 Å². The second-order valence-corrected chi connectivity index (χ2v) is 7.91. The molecule has 3 heterocycles. The van der Waals surface area contributed by atoms with Crippen molar-refractivity contribution >= 4 is 23.4 Å². The lowest BCUT2D eigenvalue weighted by Gasteiger charge is -2.52. The monoisotopic (exact) mass is 346 g/mol. The van der Waals surface area contributed by atoms with Gasteiger partial charge in [-0.2, -0.15) is 0 Å². The molecule has 2 amide bonds. The van der Waals surface area contributed by atoms with Crippen LogP contribution >= 0.6 is 11.6 Å². The second kappa shape index (κ2) is 6.40. The molecule has 128 valence electrons. The van der Waals surface area contributed by atoms with Crippen molar-refractivity contribution in [1.82, 2.24) is 9.80 Å². The molecule has 0 radical (unpaired) electrons. The number of fused-ring (bicyclic) bond motifs is 4. The number of carbonyl (C=O) groups excluding carboxylic acids is 2. The highest BCUT2D eigenvalue weighted by atomic mass is 35.5. The molecule has 1 aromatic rings. The third kappa shape index (κ3) is 3.04. The van der Waals surface area contributed by atoms with Crippen LogP contribution in [0.2, 0.25) is 5.02 Å². The van der Waals surface area contributed by atoms with Gasteiger partial charge in [-0.1, -0.05) is 23.7 Å². The first-order valence-electron chi connectivity index (χ1n) is 8.92. The van der Waals surface area contributed by atoms with Crippen molar-refractivity contribution in [3.63, 3.8) is 0 Å². The van der Waals surface area contributed by atoms with Crippen LogP contribution in [-0.4, -0.2) is 47.3 Å². The summed E-state index contributed by atoms with van der Waals surface area (Å²) in [4.78, 5) is 29.0. The zero-order valence-corrected chi connectivity index (χ0v) is 14.5. The first-order chi connectivity index (χ1) is 11.6. The molecule has 0 spiro atoms. The third-order valence-corrected chi connectivity index (χ3v) is 6.05. The minimum atomic E-state index is 0.197. The van der Waals surface area contributed by atoms with Gasteiger partial charge < -0.3 is 9.80 Å². The number of rotatable bonds is 2. The van der Waals surface area contributed by atoms with E-state index in [0.29, 0.717) is 41.6 Å². The molecule has 4 nitrogen and oxygen atoms in total.